The quantitative estimate of drug-likeness (QED) is 0.344. The normalized spacial score (nSPS) is 28.9. The average molecular weight is 347 g/mol. The van der Waals surface area contributed by atoms with Crippen LogP contribution in [0.2, 0.25) is 0 Å². The Bertz CT molecular complexity index is 611. The first-order valence-electron chi connectivity index (χ1n) is 8.78. The number of ketones is 1. The van der Waals surface area contributed by atoms with Gasteiger partial charge in [-0.1, -0.05) is 37.5 Å². The van der Waals surface area contributed by atoms with Crippen molar-refractivity contribution in [1.82, 2.24) is 5.32 Å². The molecule has 1 saturated heterocycles. The van der Waals surface area contributed by atoms with Crippen LogP contribution in [0.5, 0.6) is 0 Å². The summed E-state index contributed by atoms with van der Waals surface area (Å²) in [5.74, 6) is -1.17. The van der Waals surface area contributed by atoms with Gasteiger partial charge in [-0.15, -0.1) is 0 Å². The van der Waals surface area contributed by atoms with Crippen LogP contribution in [-0.2, 0) is 23.8 Å². The maximum atomic E-state index is 12.2. The van der Waals surface area contributed by atoms with E-state index in [0.29, 0.717) is 5.92 Å². The van der Waals surface area contributed by atoms with Gasteiger partial charge in [-0.25, -0.2) is 0 Å². The van der Waals surface area contributed by atoms with Crippen LogP contribution < -0.4 is 5.32 Å². The fourth-order valence-electron chi connectivity index (χ4n) is 3.62. The lowest BCUT2D eigenvalue weighted by Gasteiger charge is -2.33. The lowest BCUT2D eigenvalue weighted by atomic mass is 9.89. The second kappa shape index (κ2) is 7.64. The Balaban J connectivity index is 1.60. The summed E-state index contributed by atoms with van der Waals surface area (Å²) in [4.78, 5) is 24.1. The summed E-state index contributed by atoms with van der Waals surface area (Å²) in [6.07, 6.45) is 13.8. The number of carbonyl (C=O) groups is 2. The summed E-state index contributed by atoms with van der Waals surface area (Å²) in [6.45, 7) is 0. The Labute approximate surface area is 147 Å². The number of amides is 1. The van der Waals surface area contributed by atoms with E-state index in [4.69, 9.17) is 14.2 Å². The first-order chi connectivity index (χ1) is 12.1. The minimum Gasteiger partial charge on any atom is -0.355 e. The summed E-state index contributed by atoms with van der Waals surface area (Å²) >= 11 is 0. The van der Waals surface area contributed by atoms with Crippen molar-refractivity contribution in [1.29, 1.82) is 0 Å². The van der Waals surface area contributed by atoms with Crippen molar-refractivity contribution in [3.05, 3.63) is 36.1 Å². The first kappa shape index (κ1) is 18.0. The molecule has 0 unspecified atom stereocenters. The summed E-state index contributed by atoms with van der Waals surface area (Å²) < 4.78 is 16.2. The van der Waals surface area contributed by atoms with Gasteiger partial charge < -0.3 is 19.5 Å². The number of epoxide rings is 1. The van der Waals surface area contributed by atoms with E-state index >= 15 is 0 Å². The van der Waals surface area contributed by atoms with Gasteiger partial charge in [0, 0.05) is 26.4 Å². The summed E-state index contributed by atoms with van der Waals surface area (Å²) in [7, 11) is 2.92. The van der Waals surface area contributed by atoms with Crippen molar-refractivity contribution in [3.8, 4) is 0 Å². The molecule has 2 atom stereocenters. The number of hydrogen-bond acceptors (Lipinski definition) is 5. The molecule has 25 heavy (non-hydrogen) atoms. The van der Waals surface area contributed by atoms with Crippen LogP contribution in [0.4, 0.5) is 0 Å². The number of rotatable bonds is 6. The number of allylic oxidation sites excluding steroid dienone is 3. The molecule has 0 aromatic heterocycles. The highest BCUT2D eigenvalue weighted by Gasteiger charge is 2.64. The third kappa shape index (κ3) is 3.76. The molecule has 0 bridgehead atoms. The van der Waals surface area contributed by atoms with Crippen molar-refractivity contribution < 1.29 is 23.8 Å². The zero-order valence-electron chi connectivity index (χ0n) is 14.7. The van der Waals surface area contributed by atoms with E-state index in [1.54, 1.807) is 6.08 Å². The van der Waals surface area contributed by atoms with E-state index in [-0.39, 0.29) is 17.4 Å². The van der Waals surface area contributed by atoms with Gasteiger partial charge in [0.25, 0.3) is 0 Å². The molecule has 2 fully saturated rings. The molecule has 0 aromatic rings. The number of fused-ring (bicyclic) bond motifs is 1. The van der Waals surface area contributed by atoms with Crippen LogP contribution in [0.25, 0.3) is 0 Å². The summed E-state index contributed by atoms with van der Waals surface area (Å²) in [6, 6.07) is 0. The summed E-state index contributed by atoms with van der Waals surface area (Å²) in [5.41, 5.74) is 0.271. The number of ether oxygens (including phenoxy) is 3. The average Bonchev–Trinajstić information content (AvgIpc) is 3.43. The lowest BCUT2D eigenvalue weighted by Crippen LogP contribution is -2.51. The Morgan fingerprint density at radius 2 is 1.96 bits per heavy atom. The predicted molar refractivity (Wildman–Crippen MR) is 91.5 cm³/mol. The van der Waals surface area contributed by atoms with Crippen molar-refractivity contribution >= 4 is 11.7 Å². The molecular formula is C19H25NO5. The van der Waals surface area contributed by atoms with Crippen molar-refractivity contribution in [2.75, 3.05) is 14.2 Å². The van der Waals surface area contributed by atoms with Crippen LogP contribution in [0.1, 0.15) is 32.1 Å². The smallest absolute Gasteiger partial charge is 0.248 e. The standard InChI is InChI=1S/C19H25NO5/c1-23-19(24-2)15(12-14(21)17-18(19)25-17)20-16(22)11-7-6-10-13-8-4-3-5-9-13/h6-7,10-13,17-18H,3-5,8-9H2,1-2H3,(H,20,22)/b10-6+,11-7+/t17-,18-/m1/s1. The molecule has 6 heteroatoms. The number of methoxy groups -OCH3 is 2. The molecule has 1 saturated carbocycles. The Morgan fingerprint density at radius 1 is 1.24 bits per heavy atom. The van der Waals surface area contributed by atoms with Crippen LogP contribution in [-0.4, -0.2) is 43.9 Å². The van der Waals surface area contributed by atoms with E-state index < -0.39 is 18.0 Å². The third-order valence-electron chi connectivity index (χ3n) is 5.06. The van der Waals surface area contributed by atoms with Gasteiger partial charge in [-0.05, 0) is 18.8 Å². The van der Waals surface area contributed by atoms with Crippen molar-refractivity contribution in [2.24, 2.45) is 5.92 Å². The van der Waals surface area contributed by atoms with E-state index in [2.05, 4.69) is 11.4 Å². The molecule has 0 spiro atoms. The molecular weight excluding hydrogens is 322 g/mol. The minimum atomic E-state index is -1.25. The molecule has 1 amide bonds. The van der Waals surface area contributed by atoms with E-state index in [9.17, 15) is 9.59 Å². The highest BCUT2D eigenvalue weighted by molar-refractivity contribution is 5.99. The SMILES string of the molecule is COC1(OC)C(NC(=O)/C=C/C=C/C2CCCCC2)=CC(=O)[C@H]2O[C@H]21. The topological polar surface area (TPSA) is 77.2 Å². The molecule has 3 aliphatic rings. The zero-order valence-corrected chi connectivity index (χ0v) is 14.7. The zero-order chi connectivity index (χ0) is 17.9. The van der Waals surface area contributed by atoms with E-state index in [1.165, 1.54) is 58.5 Å². The van der Waals surface area contributed by atoms with E-state index in [0.717, 1.165) is 0 Å². The van der Waals surface area contributed by atoms with Gasteiger partial charge >= 0.3 is 0 Å². The monoisotopic (exact) mass is 347 g/mol. The van der Waals surface area contributed by atoms with Crippen LogP contribution in [0.3, 0.4) is 0 Å². The van der Waals surface area contributed by atoms with Crippen LogP contribution >= 0.6 is 0 Å². The van der Waals surface area contributed by atoms with Gasteiger partial charge in [0.1, 0.15) is 0 Å². The highest BCUT2D eigenvalue weighted by atomic mass is 16.7. The molecule has 2 aliphatic carbocycles. The fourth-order valence-corrected chi connectivity index (χ4v) is 3.62. The third-order valence-corrected chi connectivity index (χ3v) is 5.06. The maximum Gasteiger partial charge on any atom is 0.248 e. The Morgan fingerprint density at radius 3 is 2.64 bits per heavy atom. The minimum absolute atomic E-state index is 0.189. The van der Waals surface area contributed by atoms with Gasteiger partial charge in [-0.3, -0.25) is 9.59 Å². The largest absolute Gasteiger partial charge is 0.355 e. The van der Waals surface area contributed by atoms with Gasteiger partial charge in [0.05, 0.1) is 5.70 Å². The van der Waals surface area contributed by atoms with Crippen LogP contribution in [0, 0.1) is 5.92 Å². The Kier molecular flexibility index (Phi) is 5.51. The second-order valence-corrected chi connectivity index (χ2v) is 6.64. The van der Waals surface area contributed by atoms with Crippen molar-refractivity contribution in [2.45, 2.75) is 50.1 Å². The maximum absolute atomic E-state index is 12.2. The molecule has 0 radical (unpaired) electrons. The van der Waals surface area contributed by atoms with E-state index in [1.807, 2.05) is 6.08 Å². The highest BCUT2D eigenvalue weighted by Crippen LogP contribution is 2.43. The van der Waals surface area contributed by atoms with Crippen molar-refractivity contribution in [3.63, 3.8) is 0 Å². The fraction of sp³-hybridized carbons (Fsp3) is 0.579. The number of hydrogen-bond donors (Lipinski definition) is 1. The molecule has 3 rings (SSSR count). The lowest BCUT2D eigenvalue weighted by molar-refractivity contribution is -0.195. The predicted octanol–water partition coefficient (Wildman–Crippen LogP) is 2.02. The molecule has 6 nitrogen and oxygen atoms in total. The number of nitrogens with one attached hydrogen (secondary N) is 1. The molecule has 1 N–H and O–H groups in total. The number of carbonyl (C=O) groups excluding carboxylic acids is 2. The first-order valence-corrected chi connectivity index (χ1v) is 8.78. The Hall–Kier alpha value is -1.76. The molecule has 1 aliphatic heterocycles. The molecule has 1 heterocycles. The van der Waals surface area contributed by atoms with Gasteiger partial charge in [0.2, 0.25) is 11.7 Å². The molecule has 136 valence electrons. The summed E-state index contributed by atoms with van der Waals surface area (Å²) in [5, 5.41) is 2.69. The van der Waals surface area contributed by atoms with Gasteiger partial charge in [0.15, 0.2) is 18.0 Å². The van der Waals surface area contributed by atoms with Gasteiger partial charge in [-0.2, -0.15) is 0 Å². The van der Waals surface area contributed by atoms with Crippen LogP contribution in [0.15, 0.2) is 36.1 Å². The molecule has 0 aromatic carbocycles. The second-order valence-electron chi connectivity index (χ2n) is 6.64.